The van der Waals surface area contributed by atoms with Gasteiger partial charge in [0.05, 0.1) is 10.1 Å². The third-order valence-corrected chi connectivity index (χ3v) is 5.28. The Kier molecular flexibility index (Phi) is 1.74. The molecule has 0 spiro atoms. The molecule has 0 aliphatic carbocycles. The highest BCUT2D eigenvalue weighted by Gasteiger charge is 2.38. The molecule has 1 aliphatic heterocycles. The second-order valence-corrected chi connectivity index (χ2v) is 5.85. The minimum Gasteiger partial charge on any atom is -0.223 e. The smallest absolute Gasteiger partial charge is 0.181 e. The van der Waals surface area contributed by atoms with Crippen molar-refractivity contribution >= 4 is 9.84 Å². The van der Waals surface area contributed by atoms with E-state index in [1.807, 2.05) is 19.1 Å². The molecule has 0 N–H and O–H groups in total. The molecular formula is C10H12O2S. The van der Waals surface area contributed by atoms with Crippen LogP contribution < -0.4 is 0 Å². The summed E-state index contributed by atoms with van der Waals surface area (Å²) in [6, 6.07) is 7.27. The van der Waals surface area contributed by atoms with Crippen LogP contribution in [0.5, 0.6) is 0 Å². The zero-order valence-corrected chi connectivity index (χ0v) is 8.51. The quantitative estimate of drug-likeness (QED) is 0.635. The van der Waals surface area contributed by atoms with Crippen LogP contribution in [0.15, 0.2) is 29.2 Å². The van der Waals surface area contributed by atoms with E-state index >= 15 is 0 Å². The fourth-order valence-electron chi connectivity index (χ4n) is 1.84. The lowest BCUT2D eigenvalue weighted by atomic mass is 9.99. The number of sulfone groups is 1. The molecule has 0 saturated heterocycles. The van der Waals surface area contributed by atoms with Crippen LogP contribution in [-0.4, -0.2) is 13.7 Å². The molecule has 70 valence electrons. The minimum absolute atomic E-state index is 0.126. The molecule has 0 aromatic heterocycles. The molecule has 1 heterocycles. The first kappa shape index (κ1) is 8.75. The fourth-order valence-corrected chi connectivity index (χ4v) is 3.77. The van der Waals surface area contributed by atoms with Crippen molar-refractivity contribution in [3.63, 3.8) is 0 Å². The third kappa shape index (κ3) is 1.03. The molecule has 2 rings (SSSR count). The van der Waals surface area contributed by atoms with Crippen LogP contribution in [0.25, 0.3) is 0 Å². The maximum Gasteiger partial charge on any atom is 0.181 e. The molecule has 0 fully saturated rings. The van der Waals surface area contributed by atoms with Gasteiger partial charge in [0.1, 0.15) is 0 Å². The van der Waals surface area contributed by atoms with E-state index in [4.69, 9.17) is 0 Å². The Morgan fingerprint density at radius 3 is 2.38 bits per heavy atom. The lowest BCUT2D eigenvalue weighted by Crippen LogP contribution is -2.14. The largest absolute Gasteiger partial charge is 0.223 e. The lowest BCUT2D eigenvalue weighted by Gasteiger charge is -2.06. The summed E-state index contributed by atoms with van der Waals surface area (Å²) in [7, 11) is -3.03. The van der Waals surface area contributed by atoms with Gasteiger partial charge in [0.15, 0.2) is 9.84 Å². The molecule has 1 aliphatic rings. The highest BCUT2D eigenvalue weighted by molar-refractivity contribution is 7.92. The summed E-state index contributed by atoms with van der Waals surface area (Å²) >= 11 is 0. The lowest BCUT2D eigenvalue weighted by molar-refractivity contribution is 0.584. The van der Waals surface area contributed by atoms with Gasteiger partial charge in [-0.25, -0.2) is 8.42 Å². The number of hydrogen-bond donors (Lipinski definition) is 0. The summed E-state index contributed by atoms with van der Waals surface area (Å²) in [4.78, 5) is 0.523. The van der Waals surface area contributed by atoms with Gasteiger partial charge in [0.2, 0.25) is 0 Å². The van der Waals surface area contributed by atoms with Crippen molar-refractivity contribution in [1.29, 1.82) is 0 Å². The van der Waals surface area contributed by atoms with Crippen molar-refractivity contribution in [2.45, 2.75) is 29.9 Å². The highest BCUT2D eigenvalue weighted by atomic mass is 32.2. The molecule has 1 aromatic rings. The first-order valence-electron chi connectivity index (χ1n) is 4.38. The molecule has 3 heteroatoms. The summed E-state index contributed by atoms with van der Waals surface area (Å²) in [6.45, 7) is 3.74. The van der Waals surface area contributed by atoms with Gasteiger partial charge in [-0.15, -0.1) is 0 Å². The predicted octanol–water partition coefficient (Wildman–Crippen LogP) is 1.97. The third-order valence-electron chi connectivity index (χ3n) is 2.91. The Hall–Kier alpha value is -0.830. The first-order chi connectivity index (χ1) is 6.05. The Bertz CT molecular complexity index is 434. The molecule has 2 atom stereocenters. The SMILES string of the molecule is C[C@@H]1c2ccccc2S(=O)(=O)[C@H]1C. The van der Waals surface area contributed by atoms with Crippen LogP contribution in [0, 0.1) is 0 Å². The summed E-state index contributed by atoms with van der Waals surface area (Å²) in [5.74, 6) is 0.126. The molecule has 1 aromatic carbocycles. The normalized spacial score (nSPS) is 30.0. The molecule has 0 radical (unpaired) electrons. The monoisotopic (exact) mass is 196 g/mol. The number of rotatable bonds is 0. The van der Waals surface area contributed by atoms with Gasteiger partial charge < -0.3 is 0 Å². The maximum absolute atomic E-state index is 11.8. The summed E-state index contributed by atoms with van der Waals surface area (Å²) in [6.07, 6.45) is 0. The van der Waals surface area contributed by atoms with Gasteiger partial charge in [-0.05, 0) is 24.5 Å². The topological polar surface area (TPSA) is 34.1 Å². The summed E-state index contributed by atoms with van der Waals surface area (Å²) in [5.41, 5.74) is 0.968. The first-order valence-corrected chi connectivity index (χ1v) is 5.92. The predicted molar refractivity (Wildman–Crippen MR) is 51.5 cm³/mol. The van der Waals surface area contributed by atoms with Gasteiger partial charge in [0.25, 0.3) is 0 Å². The van der Waals surface area contributed by atoms with E-state index in [0.29, 0.717) is 4.90 Å². The average Bonchev–Trinajstić information content (AvgIpc) is 2.30. The van der Waals surface area contributed by atoms with Crippen LogP contribution in [-0.2, 0) is 9.84 Å². The van der Waals surface area contributed by atoms with Crippen LogP contribution >= 0.6 is 0 Å². The summed E-state index contributed by atoms with van der Waals surface area (Å²) in [5, 5.41) is -0.273. The Balaban J connectivity index is 2.76. The van der Waals surface area contributed by atoms with E-state index in [9.17, 15) is 8.42 Å². The van der Waals surface area contributed by atoms with E-state index in [1.165, 1.54) is 0 Å². The van der Waals surface area contributed by atoms with Crippen LogP contribution in [0.4, 0.5) is 0 Å². The van der Waals surface area contributed by atoms with Crippen molar-refractivity contribution in [3.05, 3.63) is 29.8 Å². The summed E-state index contributed by atoms with van der Waals surface area (Å²) < 4.78 is 23.6. The van der Waals surface area contributed by atoms with Crippen molar-refractivity contribution in [3.8, 4) is 0 Å². The Labute approximate surface area is 78.5 Å². The minimum atomic E-state index is -3.03. The van der Waals surface area contributed by atoms with Gasteiger partial charge in [-0.1, -0.05) is 25.1 Å². The van der Waals surface area contributed by atoms with E-state index in [2.05, 4.69) is 0 Å². The van der Waals surface area contributed by atoms with Crippen molar-refractivity contribution < 1.29 is 8.42 Å². The molecule has 0 saturated carbocycles. The van der Waals surface area contributed by atoms with E-state index < -0.39 is 9.84 Å². The van der Waals surface area contributed by atoms with Gasteiger partial charge in [-0.3, -0.25) is 0 Å². The van der Waals surface area contributed by atoms with E-state index in [0.717, 1.165) is 5.56 Å². The van der Waals surface area contributed by atoms with Gasteiger partial charge in [-0.2, -0.15) is 0 Å². The highest BCUT2D eigenvalue weighted by Crippen LogP contribution is 2.39. The van der Waals surface area contributed by atoms with Crippen LogP contribution in [0.2, 0.25) is 0 Å². The second kappa shape index (κ2) is 2.58. The zero-order valence-electron chi connectivity index (χ0n) is 7.69. The average molecular weight is 196 g/mol. The van der Waals surface area contributed by atoms with Gasteiger partial charge >= 0.3 is 0 Å². The molecule has 0 amide bonds. The molecule has 0 bridgehead atoms. The molecule has 2 nitrogen and oxygen atoms in total. The number of benzene rings is 1. The second-order valence-electron chi connectivity index (χ2n) is 3.58. The van der Waals surface area contributed by atoms with Crippen molar-refractivity contribution in [2.75, 3.05) is 0 Å². The van der Waals surface area contributed by atoms with Crippen molar-refractivity contribution in [2.24, 2.45) is 0 Å². The number of fused-ring (bicyclic) bond motifs is 1. The van der Waals surface area contributed by atoms with Gasteiger partial charge in [0, 0.05) is 0 Å². The Morgan fingerprint density at radius 2 is 1.77 bits per heavy atom. The van der Waals surface area contributed by atoms with E-state index in [1.54, 1.807) is 19.1 Å². The maximum atomic E-state index is 11.8. The van der Waals surface area contributed by atoms with Crippen LogP contribution in [0.1, 0.15) is 25.3 Å². The van der Waals surface area contributed by atoms with E-state index in [-0.39, 0.29) is 11.2 Å². The fraction of sp³-hybridized carbons (Fsp3) is 0.400. The zero-order chi connectivity index (χ0) is 9.64. The molecular weight excluding hydrogens is 184 g/mol. The molecule has 13 heavy (non-hydrogen) atoms. The van der Waals surface area contributed by atoms with Crippen LogP contribution in [0.3, 0.4) is 0 Å². The molecule has 0 unspecified atom stereocenters. The number of hydrogen-bond acceptors (Lipinski definition) is 2. The van der Waals surface area contributed by atoms with Crippen molar-refractivity contribution in [1.82, 2.24) is 0 Å². The standard InChI is InChI=1S/C10H12O2S/c1-7-8(2)13(11,12)10-6-4-3-5-9(7)10/h3-8H,1-2H3/t7-,8-/m0/s1. The Morgan fingerprint density at radius 1 is 1.15 bits per heavy atom.